The van der Waals surface area contributed by atoms with E-state index in [1.165, 1.54) is 6.42 Å². The van der Waals surface area contributed by atoms with Gasteiger partial charge in [-0.25, -0.2) is 9.67 Å². The second-order valence-electron chi connectivity index (χ2n) is 6.76. The number of nitrogens with two attached hydrogens (primary N) is 1. The molecule has 102 valence electrons. The first kappa shape index (κ1) is 13.5. The van der Waals surface area contributed by atoms with Crippen LogP contribution in [0.5, 0.6) is 0 Å². The first-order chi connectivity index (χ1) is 8.29. The largest absolute Gasteiger partial charge is 0.326 e. The normalized spacial score (nSPS) is 29.6. The first-order valence-electron chi connectivity index (χ1n) is 6.94. The molecule has 0 bridgehead atoms. The Morgan fingerprint density at radius 1 is 1.22 bits per heavy atom. The molecule has 1 fully saturated rings. The Morgan fingerprint density at radius 3 is 2.39 bits per heavy atom. The summed E-state index contributed by atoms with van der Waals surface area (Å²) in [6, 6.07) is 0.521. The van der Waals surface area contributed by atoms with Gasteiger partial charge in [0.15, 0.2) is 0 Å². The van der Waals surface area contributed by atoms with Gasteiger partial charge >= 0.3 is 0 Å². The van der Waals surface area contributed by atoms with E-state index >= 15 is 0 Å². The minimum Gasteiger partial charge on any atom is -0.326 e. The van der Waals surface area contributed by atoms with Gasteiger partial charge in [-0.1, -0.05) is 20.8 Å². The van der Waals surface area contributed by atoms with Gasteiger partial charge in [-0.05, 0) is 44.4 Å². The summed E-state index contributed by atoms with van der Waals surface area (Å²) in [6.45, 7) is 10.9. The molecule has 0 aromatic carbocycles. The van der Waals surface area contributed by atoms with Crippen molar-refractivity contribution >= 4 is 0 Å². The van der Waals surface area contributed by atoms with Crippen LogP contribution in [0.25, 0.3) is 0 Å². The van der Waals surface area contributed by atoms with Crippen molar-refractivity contribution in [2.45, 2.75) is 66.0 Å². The average Bonchev–Trinajstić information content (AvgIpc) is 2.56. The van der Waals surface area contributed by atoms with Crippen LogP contribution in [0.15, 0.2) is 0 Å². The summed E-state index contributed by atoms with van der Waals surface area (Å²) in [5.41, 5.74) is 6.66. The summed E-state index contributed by atoms with van der Waals surface area (Å²) >= 11 is 0. The molecular weight excluding hydrogens is 224 g/mol. The smallest absolute Gasteiger partial charge is 0.147 e. The van der Waals surface area contributed by atoms with Crippen molar-refractivity contribution < 1.29 is 0 Å². The molecule has 0 aliphatic heterocycles. The molecule has 1 aliphatic rings. The van der Waals surface area contributed by atoms with Crippen molar-refractivity contribution in [2.75, 3.05) is 0 Å². The second kappa shape index (κ2) is 4.65. The molecule has 0 saturated heterocycles. The Hall–Kier alpha value is -0.900. The summed E-state index contributed by atoms with van der Waals surface area (Å²) in [6.07, 6.45) is 3.44. The number of hydrogen-bond donors (Lipinski definition) is 1. The van der Waals surface area contributed by atoms with Crippen LogP contribution in [0.2, 0.25) is 0 Å². The molecule has 2 rings (SSSR count). The maximum Gasteiger partial charge on any atom is 0.147 e. The van der Waals surface area contributed by atoms with E-state index in [-0.39, 0.29) is 6.04 Å². The van der Waals surface area contributed by atoms with E-state index in [0.717, 1.165) is 24.5 Å². The predicted molar refractivity (Wildman–Crippen MR) is 73.3 cm³/mol. The maximum absolute atomic E-state index is 6.31. The van der Waals surface area contributed by atoms with Crippen molar-refractivity contribution in [3.05, 3.63) is 11.6 Å². The highest BCUT2D eigenvalue weighted by Gasteiger charge is 2.36. The minimum atomic E-state index is 0.211. The Balaban J connectivity index is 2.23. The van der Waals surface area contributed by atoms with Gasteiger partial charge in [-0.2, -0.15) is 5.10 Å². The van der Waals surface area contributed by atoms with Crippen LogP contribution in [-0.4, -0.2) is 20.8 Å². The topological polar surface area (TPSA) is 56.7 Å². The fourth-order valence-corrected chi connectivity index (χ4v) is 3.09. The van der Waals surface area contributed by atoms with E-state index < -0.39 is 0 Å². The Bertz CT molecular complexity index is 416. The third-order valence-corrected chi connectivity index (χ3v) is 4.32. The molecule has 0 radical (unpaired) electrons. The van der Waals surface area contributed by atoms with Gasteiger partial charge in [-0.3, -0.25) is 0 Å². The van der Waals surface area contributed by atoms with E-state index in [0.29, 0.717) is 17.4 Å². The molecule has 1 aromatic rings. The van der Waals surface area contributed by atoms with Crippen molar-refractivity contribution in [2.24, 2.45) is 17.1 Å². The van der Waals surface area contributed by atoms with Gasteiger partial charge in [0, 0.05) is 6.04 Å². The zero-order chi connectivity index (χ0) is 13.5. The van der Waals surface area contributed by atoms with Gasteiger partial charge < -0.3 is 5.73 Å². The summed E-state index contributed by atoms with van der Waals surface area (Å²) < 4.78 is 2.05. The van der Waals surface area contributed by atoms with Crippen LogP contribution < -0.4 is 5.73 Å². The Morgan fingerprint density at radius 2 is 1.89 bits per heavy atom. The van der Waals surface area contributed by atoms with Gasteiger partial charge in [0.1, 0.15) is 11.6 Å². The fourth-order valence-electron chi connectivity index (χ4n) is 3.09. The van der Waals surface area contributed by atoms with Gasteiger partial charge in [-0.15, -0.1) is 0 Å². The predicted octanol–water partition coefficient (Wildman–Crippen LogP) is 2.61. The quantitative estimate of drug-likeness (QED) is 0.833. The lowest BCUT2D eigenvalue weighted by atomic mass is 9.70. The van der Waals surface area contributed by atoms with Crippen LogP contribution in [0.1, 0.15) is 57.7 Å². The lowest BCUT2D eigenvalue weighted by Crippen LogP contribution is -2.41. The summed E-state index contributed by atoms with van der Waals surface area (Å²) in [7, 11) is 0. The molecule has 1 aliphatic carbocycles. The third kappa shape index (κ3) is 2.58. The van der Waals surface area contributed by atoms with E-state index in [4.69, 9.17) is 5.73 Å². The Kier molecular flexibility index (Phi) is 3.49. The molecule has 1 heterocycles. The number of rotatable bonds is 1. The standard InChI is InChI=1S/C14H26N4/c1-9-16-10(2)18(17-9)13-8-11(14(3,4)5)6-7-12(13)15/h11-13H,6-8,15H2,1-5H3. The summed E-state index contributed by atoms with van der Waals surface area (Å²) in [4.78, 5) is 4.40. The monoisotopic (exact) mass is 250 g/mol. The van der Waals surface area contributed by atoms with Crippen molar-refractivity contribution in [3.63, 3.8) is 0 Å². The first-order valence-corrected chi connectivity index (χ1v) is 6.94. The molecule has 3 unspecified atom stereocenters. The number of hydrogen-bond acceptors (Lipinski definition) is 3. The van der Waals surface area contributed by atoms with E-state index in [1.54, 1.807) is 0 Å². The third-order valence-electron chi connectivity index (χ3n) is 4.32. The SMILES string of the molecule is Cc1nc(C)n(C2CC(C(C)(C)C)CCC2N)n1. The molecule has 2 N–H and O–H groups in total. The molecule has 1 saturated carbocycles. The number of aromatic nitrogens is 3. The van der Waals surface area contributed by atoms with Crippen LogP contribution in [0.4, 0.5) is 0 Å². The molecule has 3 atom stereocenters. The van der Waals surface area contributed by atoms with Crippen molar-refractivity contribution in [1.29, 1.82) is 0 Å². The number of aryl methyl sites for hydroxylation is 2. The maximum atomic E-state index is 6.31. The van der Waals surface area contributed by atoms with E-state index in [1.807, 2.05) is 13.8 Å². The van der Waals surface area contributed by atoms with Crippen LogP contribution >= 0.6 is 0 Å². The van der Waals surface area contributed by atoms with Crippen LogP contribution in [0.3, 0.4) is 0 Å². The van der Waals surface area contributed by atoms with Crippen molar-refractivity contribution in [1.82, 2.24) is 14.8 Å². The molecular formula is C14H26N4. The highest BCUT2D eigenvalue weighted by Crippen LogP contribution is 2.41. The summed E-state index contributed by atoms with van der Waals surface area (Å²) in [5.74, 6) is 2.55. The lowest BCUT2D eigenvalue weighted by molar-refractivity contribution is 0.123. The zero-order valence-electron chi connectivity index (χ0n) is 12.3. The van der Waals surface area contributed by atoms with Gasteiger partial charge in [0.05, 0.1) is 6.04 Å². The van der Waals surface area contributed by atoms with Crippen LogP contribution in [-0.2, 0) is 0 Å². The highest BCUT2D eigenvalue weighted by atomic mass is 15.4. The van der Waals surface area contributed by atoms with Crippen LogP contribution in [0, 0.1) is 25.2 Å². The van der Waals surface area contributed by atoms with Gasteiger partial charge in [0.2, 0.25) is 0 Å². The van der Waals surface area contributed by atoms with Crippen molar-refractivity contribution in [3.8, 4) is 0 Å². The van der Waals surface area contributed by atoms with Gasteiger partial charge in [0.25, 0.3) is 0 Å². The highest BCUT2D eigenvalue weighted by molar-refractivity contribution is 4.96. The fraction of sp³-hybridized carbons (Fsp3) is 0.857. The zero-order valence-corrected chi connectivity index (χ0v) is 12.3. The summed E-state index contributed by atoms with van der Waals surface area (Å²) in [5, 5.41) is 4.53. The second-order valence-corrected chi connectivity index (χ2v) is 6.76. The minimum absolute atomic E-state index is 0.211. The average molecular weight is 250 g/mol. The Labute approximate surface area is 110 Å². The molecule has 4 nitrogen and oxygen atoms in total. The lowest BCUT2D eigenvalue weighted by Gasteiger charge is -2.40. The van der Waals surface area contributed by atoms with E-state index in [9.17, 15) is 0 Å². The molecule has 18 heavy (non-hydrogen) atoms. The molecule has 1 aromatic heterocycles. The number of nitrogens with zero attached hydrogens (tertiary/aromatic N) is 3. The van der Waals surface area contributed by atoms with E-state index in [2.05, 4.69) is 35.5 Å². The molecule has 4 heteroatoms. The molecule has 0 spiro atoms. The molecule has 0 amide bonds.